The van der Waals surface area contributed by atoms with Crippen LogP contribution in [0.5, 0.6) is 0 Å². The molecule has 1 unspecified atom stereocenters. The van der Waals surface area contributed by atoms with E-state index >= 15 is 0 Å². The van der Waals surface area contributed by atoms with Gasteiger partial charge in [-0.25, -0.2) is 0 Å². The Morgan fingerprint density at radius 2 is 1.58 bits per heavy atom. The average Bonchev–Trinajstić information content (AvgIpc) is 2.47. The van der Waals surface area contributed by atoms with Crippen molar-refractivity contribution in [2.24, 2.45) is 0 Å². The first-order chi connectivity index (χ1) is 9.25. The monoisotopic (exact) mass is 286 g/mol. The molecular weight excluding hydrogens is 268 g/mol. The summed E-state index contributed by atoms with van der Waals surface area (Å²) >= 11 is 7.27. The molecule has 0 heterocycles. The summed E-state index contributed by atoms with van der Waals surface area (Å²) in [5, 5.41) is 0. The minimum absolute atomic E-state index is 0.542. The quantitative estimate of drug-likeness (QED) is 0.702. The van der Waals surface area contributed by atoms with E-state index in [0.717, 1.165) is 16.4 Å². The van der Waals surface area contributed by atoms with Crippen molar-refractivity contribution < 1.29 is 0 Å². The molecule has 0 aliphatic carbocycles. The standard InChI is InChI=1S/C17H18S2/c1-14(16-10-6-3-7-11-16)13-19-17(18)12-15-8-4-2-5-9-15/h2-11,14H,12-13H2,1H3. The van der Waals surface area contributed by atoms with E-state index < -0.39 is 0 Å². The van der Waals surface area contributed by atoms with Crippen LogP contribution in [0, 0.1) is 0 Å². The van der Waals surface area contributed by atoms with Gasteiger partial charge < -0.3 is 0 Å². The van der Waals surface area contributed by atoms with Crippen LogP contribution in [0.4, 0.5) is 0 Å². The second-order valence-electron chi connectivity index (χ2n) is 4.66. The molecule has 0 fully saturated rings. The maximum atomic E-state index is 5.47. The molecule has 0 spiro atoms. The first-order valence-corrected chi connectivity index (χ1v) is 7.89. The van der Waals surface area contributed by atoms with Crippen LogP contribution in [0.3, 0.4) is 0 Å². The van der Waals surface area contributed by atoms with Gasteiger partial charge in [0.05, 0.1) is 4.20 Å². The van der Waals surface area contributed by atoms with Crippen LogP contribution < -0.4 is 0 Å². The fourth-order valence-electron chi connectivity index (χ4n) is 1.91. The predicted molar refractivity (Wildman–Crippen MR) is 90.1 cm³/mol. The summed E-state index contributed by atoms with van der Waals surface area (Å²) in [6.45, 7) is 2.26. The van der Waals surface area contributed by atoms with Gasteiger partial charge in [-0.15, -0.1) is 11.8 Å². The Morgan fingerprint density at radius 1 is 1.00 bits per heavy atom. The van der Waals surface area contributed by atoms with Gasteiger partial charge in [-0.2, -0.15) is 0 Å². The van der Waals surface area contributed by atoms with Crippen molar-refractivity contribution in [3.63, 3.8) is 0 Å². The van der Waals surface area contributed by atoms with E-state index in [9.17, 15) is 0 Å². The smallest absolute Gasteiger partial charge is 0.0522 e. The van der Waals surface area contributed by atoms with Gasteiger partial charge in [0.25, 0.3) is 0 Å². The fourth-order valence-corrected chi connectivity index (χ4v) is 3.18. The number of hydrogen-bond donors (Lipinski definition) is 0. The Kier molecular flexibility index (Phi) is 5.62. The van der Waals surface area contributed by atoms with Gasteiger partial charge in [0, 0.05) is 12.2 Å². The molecule has 0 bridgehead atoms. The highest BCUT2D eigenvalue weighted by Crippen LogP contribution is 2.22. The summed E-state index contributed by atoms with van der Waals surface area (Å²) in [6.07, 6.45) is 0.891. The molecule has 0 saturated carbocycles. The highest BCUT2D eigenvalue weighted by molar-refractivity contribution is 8.23. The minimum Gasteiger partial charge on any atom is -0.118 e. The summed E-state index contributed by atoms with van der Waals surface area (Å²) in [6, 6.07) is 21.1. The Balaban J connectivity index is 1.81. The third-order valence-electron chi connectivity index (χ3n) is 3.05. The van der Waals surface area contributed by atoms with Crippen LogP contribution in [-0.2, 0) is 6.42 Å². The van der Waals surface area contributed by atoms with Gasteiger partial charge in [0.15, 0.2) is 0 Å². The van der Waals surface area contributed by atoms with E-state index in [1.807, 2.05) is 6.07 Å². The topological polar surface area (TPSA) is 0 Å². The molecule has 0 N–H and O–H groups in total. The fraction of sp³-hybridized carbons (Fsp3) is 0.235. The molecule has 2 aromatic rings. The third-order valence-corrected chi connectivity index (χ3v) is 4.69. The van der Waals surface area contributed by atoms with Crippen LogP contribution in [0.15, 0.2) is 60.7 Å². The Morgan fingerprint density at radius 3 is 2.21 bits per heavy atom. The normalized spacial score (nSPS) is 12.1. The number of rotatable bonds is 5. The molecular formula is C17H18S2. The number of hydrogen-bond acceptors (Lipinski definition) is 2. The Labute approximate surface area is 125 Å². The second-order valence-corrected chi connectivity index (χ2v) is 6.52. The molecule has 1 atom stereocenters. The van der Waals surface area contributed by atoms with Crippen molar-refractivity contribution in [1.82, 2.24) is 0 Å². The lowest BCUT2D eigenvalue weighted by atomic mass is 10.0. The van der Waals surface area contributed by atoms with Crippen LogP contribution in [0.1, 0.15) is 24.0 Å². The average molecular weight is 286 g/mol. The number of thiocarbonyl (C=S) groups is 1. The summed E-state index contributed by atoms with van der Waals surface area (Å²) < 4.78 is 1.08. The number of benzene rings is 2. The molecule has 0 aromatic heterocycles. The summed E-state index contributed by atoms with van der Waals surface area (Å²) in [5.41, 5.74) is 2.69. The predicted octanol–water partition coefficient (Wildman–Crippen LogP) is 5.09. The highest BCUT2D eigenvalue weighted by atomic mass is 32.2. The minimum atomic E-state index is 0.542. The van der Waals surface area contributed by atoms with Gasteiger partial charge >= 0.3 is 0 Å². The zero-order valence-corrected chi connectivity index (χ0v) is 12.7. The van der Waals surface area contributed by atoms with E-state index in [1.165, 1.54) is 11.1 Å². The van der Waals surface area contributed by atoms with E-state index in [2.05, 4.69) is 61.5 Å². The molecule has 0 amide bonds. The molecule has 0 radical (unpaired) electrons. The molecule has 2 aromatic carbocycles. The largest absolute Gasteiger partial charge is 0.118 e. The highest BCUT2D eigenvalue weighted by Gasteiger charge is 2.07. The van der Waals surface area contributed by atoms with Crippen molar-refractivity contribution in [2.45, 2.75) is 19.3 Å². The second kappa shape index (κ2) is 7.46. The molecule has 98 valence electrons. The number of thioether (sulfide) groups is 1. The first-order valence-electron chi connectivity index (χ1n) is 6.50. The van der Waals surface area contributed by atoms with Crippen molar-refractivity contribution >= 4 is 28.2 Å². The molecule has 2 heteroatoms. The van der Waals surface area contributed by atoms with Gasteiger partial charge in [-0.1, -0.05) is 79.8 Å². The van der Waals surface area contributed by atoms with Gasteiger partial charge in [0.1, 0.15) is 0 Å². The maximum Gasteiger partial charge on any atom is 0.0522 e. The Bertz CT molecular complexity index is 505. The molecule has 0 nitrogen and oxygen atoms in total. The van der Waals surface area contributed by atoms with Crippen molar-refractivity contribution in [2.75, 3.05) is 5.75 Å². The van der Waals surface area contributed by atoms with Crippen LogP contribution in [0.25, 0.3) is 0 Å². The SMILES string of the molecule is CC(CSC(=S)Cc1ccccc1)c1ccccc1. The van der Waals surface area contributed by atoms with Gasteiger partial charge in [0.2, 0.25) is 0 Å². The van der Waals surface area contributed by atoms with Crippen LogP contribution in [-0.4, -0.2) is 9.95 Å². The lowest BCUT2D eigenvalue weighted by molar-refractivity contribution is 0.883. The van der Waals surface area contributed by atoms with E-state index in [4.69, 9.17) is 12.2 Å². The van der Waals surface area contributed by atoms with Crippen molar-refractivity contribution in [1.29, 1.82) is 0 Å². The molecule has 19 heavy (non-hydrogen) atoms. The molecule has 0 aliphatic heterocycles. The van der Waals surface area contributed by atoms with Gasteiger partial charge in [-0.3, -0.25) is 0 Å². The van der Waals surface area contributed by atoms with Crippen molar-refractivity contribution in [3.8, 4) is 0 Å². The van der Waals surface area contributed by atoms with Crippen LogP contribution in [0.2, 0.25) is 0 Å². The zero-order chi connectivity index (χ0) is 13.5. The maximum absolute atomic E-state index is 5.47. The summed E-state index contributed by atoms with van der Waals surface area (Å²) in [4.78, 5) is 0. The van der Waals surface area contributed by atoms with Crippen molar-refractivity contribution in [3.05, 3.63) is 71.8 Å². The molecule has 0 saturated heterocycles. The lowest BCUT2D eigenvalue weighted by Crippen LogP contribution is -2.01. The molecule has 2 rings (SSSR count). The zero-order valence-electron chi connectivity index (χ0n) is 11.1. The summed E-state index contributed by atoms with van der Waals surface area (Å²) in [7, 11) is 0. The van der Waals surface area contributed by atoms with Crippen LogP contribution >= 0.6 is 24.0 Å². The van der Waals surface area contributed by atoms with E-state index in [-0.39, 0.29) is 0 Å². The first kappa shape index (κ1) is 14.3. The molecule has 0 aliphatic rings. The Hall–Kier alpha value is -1.12. The van der Waals surface area contributed by atoms with E-state index in [0.29, 0.717) is 5.92 Å². The lowest BCUT2D eigenvalue weighted by Gasteiger charge is -2.11. The summed E-state index contributed by atoms with van der Waals surface area (Å²) in [5.74, 6) is 1.59. The third kappa shape index (κ3) is 4.81. The van der Waals surface area contributed by atoms with Gasteiger partial charge in [-0.05, 0) is 17.0 Å². The van der Waals surface area contributed by atoms with E-state index in [1.54, 1.807) is 11.8 Å².